The smallest absolute Gasteiger partial charge is 0.304 e. The van der Waals surface area contributed by atoms with E-state index < -0.39 is 11.4 Å². The van der Waals surface area contributed by atoms with Crippen molar-refractivity contribution in [3.05, 3.63) is 28.8 Å². The van der Waals surface area contributed by atoms with Gasteiger partial charge in [-0.15, -0.1) is 11.8 Å². The summed E-state index contributed by atoms with van der Waals surface area (Å²) in [6, 6.07) is 5.93. The second-order valence-corrected chi connectivity index (χ2v) is 7.17. The lowest BCUT2D eigenvalue weighted by Gasteiger charge is -2.23. The molecule has 1 fully saturated rings. The Kier molecular flexibility index (Phi) is 3.93. The van der Waals surface area contributed by atoms with Crippen LogP contribution in [-0.2, 0) is 10.2 Å². The summed E-state index contributed by atoms with van der Waals surface area (Å²) in [6.07, 6.45) is 2.65. The van der Waals surface area contributed by atoms with Gasteiger partial charge in [0, 0.05) is 15.6 Å². The number of hydrogen-bond acceptors (Lipinski definition) is 2. The summed E-state index contributed by atoms with van der Waals surface area (Å²) in [5.41, 5.74) is 0.591. The van der Waals surface area contributed by atoms with Gasteiger partial charge in [-0.05, 0) is 30.5 Å². The van der Waals surface area contributed by atoms with E-state index >= 15 is 0 Å². The summed E-state index contributed by atoms with van der Waals surface area (Å²) in [5.74, 6) is -0.785. The van der Waals surface area contributed by atoms with Crippen molar-refractivity contribution >= 4 is 29.3 Å². The van der Waals surface area contributed by atoms with Gasteiger partial charge in [-0.3, -0.25) is 4.79 Å². The number of rotatable bonds is 5. The van der Waals surface area contributed by atoms with Crippen molar-refractivity contribution in [1.29, 1.82) is 0 Å². The molecule has 0 radical (unpaired) electrons. The maximum absolute atomic E-state index is 10.9. The maximum atomic E-state index is 10.9. The number of carboxylic acids is 1. The van der Waals surface area contributed by atoms with E-state index in [1.165, 1.54) is 12.8 Å². The summed E-state index contributed by atoms with van der Waals surface area (Å²) < 4.78 is 0. The van der Waals surface area contributed by atoms with Gasteiger partial charge in [-0.25, -0.2) is 0 Å². The molecule has 2 rings (SSSR count). The van der Waals surface area contributed by atoms with Gasteiger partial charge in [0.1, 0.15) is 0 Å². The second-order valence-electron chi connectivity index (χ2n) is 5.42. The van der Waals surface area contributed by atoms with Crippen LogP contribution in [0.4, 0.5) is 0 Å². The Balaban J connectivity index is 2.18. The molecule has 0 heterocycles. The van der Waals surface area contributed by atoms with E-state index in [1.54, 1.807) is 0 Å². The van der Waals surface area contributed by atoms with Crippen molar-refractivity contribution < 1.29 is 9.90 Å². The molecule has 2 nitrogen and oxygen atoms in total. The van der Waals surface area contributed by atoms with E-state index in [1.807, 2.05) is 43.8 Å². The van der Waals surface area contributed by atoms with Crippen LogP contribution >= 0.6 is 23.4 Å². The van der Waals surface area contributed by atoms with Gasteiger partial charge in [0.25, 0.3) is 0 Å². The van der Waals surface area contributed by atoms with Gasteiger partial charge in [0.15, 0.2) is 0 Å². The molecule has 0 unspecified atom stereocenters. The Hall–Kier alpha value is -0.670. The minimum atomic E-state index is -0.785. The second kappa shape index (κ2) is 5.14. The molecule has 98 valence electrons. The summed E-state index contributed by atoms with van der Waals surface area (Å²) >= 11 is 8.10. The van der Waals surface area contributed by atoms with Crippen molar-refractivity contribution in [2.75, 3.05) is 0 Å². The molecule has 1 aromatic carbocycles. The first-order valence-corrected chi connectivity index (χ1v) is 7.33. The molecule has 1 aromatic rings. The maximum Gasteiger partial charge on any atom is 0.304 e. The zero-order valence-electron chi connectivity index (χ0n) is 10.6. The highest BCUT2D eigenvalue weighted by atomic mass is 35.5. The average molecular weight is 285 g/mol. The van der Waals surface area contributed by atoms with Gasteiger partial charge in [-0.2, -0.15) is 0 Å². The predicted octanol–water partition coefficient (Wildman–Crippen LogP) is 4.35. The van der Waals surface area contributed by atoms with E-state index in [9.17, 15) is 4.79 Å². The van der Waals surface area contributed by atoms with Crippen LogP contribution in [0.15, 0.2) is 23.1 Å². The number of halogens is 1. The zero-order valence-corrected chi connectivity index (χ0v) is 12.1. The van der Waals surface area contributed by atoms with E-state index in [0.717, 1.165) is 20.7 Å². The van der Waals surface area contributed by atoms with Crippen molar-refractivity contribution in [1.82, 2.24) is 0 Å². The monoisotopic (exact) mass is 284 g/mol. The standard InChI is InChI=1S/C14H17ClO2S/c1-14(2,8-13(16)17)9-3-6-12(11(15)7-9)18-10-4-5-10/h3,6-7,10H,4-5,8H2,1-2H3,(H,16,17). The average Bonchev–Trinajstić information content (AvgIpc) is 3.02. The molecule has 1 aliphatic carbocycles. The molecule has 0 aromatic heterocycles. The number of carbonyl (C=O) groups is 1. The lowest BCUT2D eigenvalue weighted by Crippen LogP contribution is -2.21. The quantitative estimate of drug-likeness (QED) is 0.873. The molecule has 0 amide bonds. The zero-order chi connectivity index (χ0) is 13.3. The third-order valence-corrected chi connectivity index (χ3v) is 4.96. The van der Waals surface area contributed by atoms with Gasteiger partial charge >= 0.3 is 5.97 Å². The van der Waals surface area contributed by atoms with Gasteiger partial charge in [0.05, 0.1) is 11.4 Å². The number of benzene rings is 1. The summed E-state index contributed by atoms with van der Waals surface area (Å²) in [7, 11) is 0. The Bertz CT molecular complexity index is 467. The van der Waals surface area contributed by atoms with E-state index in [4.69, 9.17) is 16.7 Å². The predicted molar refractivity (Wildman–Crippen MR) is 75.6 cm³/mol. The fraction of sp³-hybridized carbons (Fsp3) is 0.500. The van der Waals surface area contributed by atoms with Gasteiger partial charge in [0.2, 0.25) is 0 Å². The van der Waals surface area contributed by atoms with E-state index in [-0.39, 0.29) is 6.42 Å². The number of carboxylic acid groups (broad SMARTS) is 1. The van der Waals surface area contributed by atoms with Crippen LogP contribution in [0.3, 0.4) is 0 Å². The van der Waals surface area contributed by atoms with Crippen molar-refractivity contribution in [2.24, 2.45) is 0 Å². The molecule has 0 bridgehead atoms. The minimum Gasteiger partial charge on any atom is -0.481 e. The molecule has 0 spiro atoms. The minimum absolute atomic E-state index is 0.110. The fourth-order valence-electron chi connectivity index (χ4n) is 1.86. The van der Waals surface area contributed by atoms with Crippen molar-refractivity contribution in [3.63, 3.8) is 0 Å². The molecule has 0 saturated heterocycles. The third-order valence-electron chi connectivity index (χ3n) is 3.12. The number of hydrogen-bond donors (Lipinski definition) is 1. The lowest BCUT2D eigenvalue weighted by atomic mass is 9.82. The van der Waals surface area contributed by atoms with E-state index in [0.29, 0.717) is 0 Å². The van der Waals surface area contributed by atoms with Crippen LogP contribution in [0.25, 0.3) is 0 Å². The number of aliphatic carboxylic acids is 1. The number of thioether (sulfide) groups is 1. The highest BCUT2D eigenvalue weighted by Crippen LogP contribution is 2.43. The molecular weight excluding hydrogens is 268 g/mol. The normalized spacial score (nSPS) is 15.7. The van der Waals surface area contributed by atoms with Gasteiger partial charge < -0.3 is 5.11 Å². The first kappa shape index (κ1) is 13.8. The first-order chi connectivity index (χ1) is 8.38. The highest BCUT2D eigenvalue weighted by Gasteiger charge is 2.26. The Morgan fingerprint density at radius 2 is 2.17 bits per heavy atom. The van der Waals surface area contributed by atoms with Crippen molar-refractivity contribution in [2.45, 2.75) is 48.7 Å². The molecule has 18 heavy (non-hydrogen) atoms. The topological polar surface area (TPSA) is 37.3 Å². The molecule has 1 N–H and O–H groups in total. The Morgan fingerprint density at radius 3 is 2.67 bits per heavy atom. The highest BCUT2D eigenvalue weighted by molar-refractivity contribution is 8.00. The van der Waals surface area contributed by atoms with Crippen LogP contribution < -0.4 is 0 Å². The van der Waals surface area contributed by atoms with Crippen LogP contribution in [-0.4, -0.2) is 16.3 Å². The molecule has 4 heteroatoms. The summed E-state index contributed by atoms with van der Waals surface area (Å²) in [6.45, 7) is 3.86. The molecule has 0 atom stereocenters. The summed E-state index contributed by atoms with van der Waals surface area (Å²) in [5, 5.41) is 10.4. The van der Waals surface area contributed by atoms with Crippen LogP contribution in [0.2, 0.25) is 5.02 Å². The molecular formula is C14H17ClO2S. The Labute approximate surface area is 117 Å². The molecule has 0 aliphatic heterocycles. The summed E-state index contributed by atoms with van der Waals surface area (Å²) in [4.78, 5) is 12.0. The fourth-order valence-corrected chi connectivity index (χ4v) is 3.23. The van der Waals surface area contributed by atoms with Crippen LogP contribution in [0.5, 0.6) is 0 Å². The SMILES string of the molecule is CC(C)(CC(=O)O)c1ccc(SC2CC2)c(Cl)c1. The van der Waals surface area contributed by atoms with Crippen LogP contribution in [0, 0.1) is 0 Å². The molecule has 1 saturated carbocycles. The van der Waals surface area contributed by atoms with Crippen LogP contribution in [0.1, 0.15) is 38.7 Å². The lowest BCUT2D eigenvalue weighted by molar-refractivity contribution is -0.138. The van der Waals surface area contributed by atoms with Gasteiger partial charge in [-0.1, -0.05) is 31.5 Å². The molecule has 1 aliphatic rings. The third kappa shape index (κ3) is 3.42. The first-order valence-electron chi connectivity index (χ1n) is 6.07. The largest absolute Gasteiger partial charge is 0.481 e. The Morgan fingerprint density at radius 1 is 1.50 bits per heavy atom. The van der Waals surface area contributed by atoms with Crippen molar-refractivity contribution in [3.8, 4) is 0 Å². The van der Waals surface area contributed by atoms with E-state index in [2.05, 4.69) is 0 Å².